The number of ether oxygens (including phenoxy) is 1. The van der Waals surface area contributed by atoms with E-state index in [4.69, 9.17) is 16.3 Å². The van der Waals surface area contributed by atoms with Gasteiger partial charge in [0.1, 0.15) is 11.9 Å². The standard InChI is InChI=1S/C20H16ClN5O2/c1-12-9-18(24-17-10-13(19(27)28-2)7-8-15(17)21)26-20(23-12)25-16-6-4-3-5-14(16)11-22/h3-10H,1-2H3,(H2,23,24,25,26). The van der Waals surface area contributed by atoms with E-state index in [1.807, 2.05) is 13.0 Å². The number of hydrogen-bond acceptors (Lipinski definition) is 7. The molecule has 1 heterocycles. The first-order valence-electron chi connectivity index (χ1n) is 8.27. The predicted molar refractivity (Wildman–Crippen MR) is 107 cm³/mol. The average molecular weight is 394 g/mol. The Morgan fingerprint density at radius 2 is 1.89 bits per heavy atom. The van der Waals surface area contributed by atoms with Gasteiger partial charge in [0.05, 0.1) is 34.6 Å². The van der Waals surface area contributed by atoms with Gasteiger partial charge in [-0.1, -0.05) is 23.7 Å². The van der Waals surface area contributed by atoms with Crippen LogP contribution in [0.25, 0.3) is 0 Å². The minimum atomic E-state index is -0.464. The largest absolute Gasteiger partial charge is 0.465 e. The lowest BCUT2D eigenvalue weighted by Crippen LogP contribution is -2.05. The second kappa shape index (κ2) is 8.37. The van der Waals surface area contributed by atoms with Crippen LogP contribution in [0.4, 0.5) is 23.1 Å². The first-order chi connectivity index (χ1) is 13.5. The molecule has 28 heavy (non-hydrogen) atoms. The van der Waals surface area contributed by atoms with Crippen LogP contribution >= 0.6 is 11.6 Å². The molecule has 2 aromatic carbocycles. The SMILES string of the molecule is COC(=O)c1ccc(Cl)c(Nc2cc(C)nc(Nc3ccccc3C#N)n2)c1. The molecular formula is C20H16ClN5O2. The van der Waals surface area contributed by atoms with Gasteiger partial charge in [-0.3, -0.25) is 0 Å². The number of esters is 1. The third-order valence-corrected chi connectivity index (χ3v) is 4.13. The number of para-hydroxylation sites is 1. The van der Waals surface area contributed by atoms with E-state index in [0.29, 0.717) is 45.0 Å². The number of aromatic nitrogens is 2. The molecule has 0 atom stereocenters. The number of benzene rings is 2. The number of rotatable bonds is 5. The Hall–Kier alpha value is -3.63. The van der Waals surface area contributed by atoms with Crippen molar-refractivity contribution in [3.05, 3.63) is 70.4 Å². The Labute approximate surface area is 167 Å². The van der Waals surface area contributed by atoms with Crippen LogP contribution in [-0.2, 0) is 4.74 Å². The molecule has 7 nitrogen and oxygen atoms in total. The highest BCUT2D eigenvalue weighted by atomic mass is 35.5. The van der Waals surface area contributed by atoms with Gasteiger partial charge < -0.3 is 15.4 Å². The highest BCUT2D eigenvalue weighted by Crippen LogP contribution is 2.27. The van der Waals surface area contributed by atoms with Crippen molar-refractivity contribution in [2.24, 2.45) is 0 Å². The van der Waals surface area contributed by atoms with Crippen LogP contribution in [0.15, 0.2) is 48.5 Å². The predicted octanol–water partition coefficient (Wildman–Crippen LogP) is 4.58. The zero-order chi connectivity index (χ0) is 20.1. The summed E-state index contributed by atoms with van der Waals surface area (Å²) in [7, 11) is 1.31. The zero-order valence-electron chi connectivity index (χ0n) is 15.2. The Morgan fingerprint density at radius 3 is 2.64 bits per heavy atom. The van der Waals surface area contributed by atoms with Gasteiger partial charge in [-0.2, -0.15) is 10.2 Å². The second-order valence-electron chi connectivity index (χ2n) is 5.81. The number of halogens is 1. The molecule has 0 aliphatic carbocycles. The third kappa shape index (κ3) is 4.37. The summed E-state index contributed by atoms with van der Waals surface area (Å²) in [6, 6.07) is 15.7. The highest BCUT2D eigenvalue weighted by Gasteiger charge is 2.11. The van der Waals surface area contributed by atoms with Crippen molar-refractivity contribution in [3.8, 4) is 6.07 Å². The van der Waals surface area contributed by atoms with Crippen molar-refractivity contribution >= 4 is 40.7 Å². The number of nitrogens with one attached hydrogen (secondary N) is 2. The van der Waals surface area contributed by atoms with Crippen LogP contribution in [0.3, 0.4) is 0 Å². The molecule has 8 heteroatoms. The average Bonchev–Trinajstić information content (AvgIpc) is 2.69. The Bertz CT molecular complexity index is 1080. The summed E-state index contributed by atoms with van der Waals surface area (Å²) in [4.78, 5) is 20.5. The summed E-state index contributed by atoms with van der Waals surface area (Å²) in [5.41, 5.74) is 2.66. The fraction of sp³-hybridized carbons (Fsp3) is 0.100. The second-order valence-corrected chi connectivity index (χ2v) is 6.22. The van der Waals surface area contributed by atoms with Gasteiger partial charge in [0.25, 0.3) is 0 Å². The lowest BCUT2D eigenvalue weighted by Gasteiger charge is -2.12. The molecule has 0 bridgehead atoms. The van der Waals surface area contributed by atoms with Crippen LogP contribution in [0.2, 0.25) is 5.02 Å². The van der Waals surface area contributed by atoms with E-state index in [0.717, 1.165) is 0 Å². The normalized spacial score (nSPS) is 10.1. The maximum atomic E-state index is 11.7. The van der Waals surface area contributed by atoms with Crippen LogP contribution in [0.1, 0.15) is 21.6 Å². The van der Waals surface area contributed by atoms with Gasteiger partial charge in [0.15, 0.2) is 0 Å². The van der Waals surface area contributed by atoms with E-state index >= 15 is 0 Å². The van der Waals surface area contributed by atoms with Crippen LogP contribution in [0.5, 0.6) is 0 Å². The minimum Gasteiger partial charge on any atom is -0.465 e. The molecule has 0 radical (unpaired) electrons. The third-order valence-electron chi connectivity index (χ3n) is 3.80. The van der Waals surface area contributed by atoms with Gasteiger partial charge >= 0.3 is 5.97 Å². The van der Waals surface area contributed by atoms with Gasteiger partial charge in [0.2, 0.25) is 5.95 Å². The Balaban J connectivity index is 1.90. The molecule has 0 aliphatic rings. The molecule has 0 aliphatic heterocycles. The van der Waals surface area contributed by atoms with Crippen molar-refractivity contribution in [3.63, 3.8) is 0 Å². The summed E-state index contributed by atoms with van der Waals surface area (Å²) in [6.45, 7) is 1.82. The summed E-state index contributed by atoms with van der Waals surface area (Å²) in [6.07, 6.45) is 0. The van der Waals surface area contributed by atoms with Crippen molar-refractivity contribution in [1.29, 1.82) is 5.26 Å². The van der Waals surface area contributed by atoms with Crippen molar-refractivity contribution in [2.45, 2.75) is 6.92 Å². The molecule has 3 aromatic rings. The summed E-state index contributed by atoms with van der Waals surface area (Å²) >= 11 is 6.23. The molecule has 0 saturated carbocycles. The highest BCUT2D eigenvalue weighted by molar-refractivity contribution is 6.33. The molecular weight excluding hydrogens is 378 g/mol. The van der Waals surface area contributed by atoms with Crippen LogP contribution < -0.4 is 10.6 Å². The molecule has 140 valence electrons. The molecule has 0 amide bonds. The first-order valence-corrected chi connectivity index (χ1v) is 8.64. The maximum absolute atomic E-state index is 11.7. The number of carbonyl (C=O) groups excluding carboxylic acids is 1. The van der Waals surface area contributed by atoms with Crippen molar-refractivity contribution in [1.82, 2.24) is 9.97 Å². The number of carbonyl (C=O) groups is 1. The molecule has 0 fully saturated rings. The van der Waals surface area contributed by atoms with Crippen LogP contribution in [0, 0.1) is 18.3 Å². The molecule has 0 unspecified atom stereocenters. The lowest BCUT2D eigenvalue weighted by molar-refractivity contribution is 0.0601. The smallest absolute Gasteiger partial charge is 0.337 e. The molecule has 3 rings (SSSR count). The van der Waals surface area contributed by atoms with Gasteiger partial charge in [-0.05, 0) is 37.3 Å². The number of nitriles is 1. The minimum absolute atomic E-state index is 0.324. The Morgan fingerprint density at radius 1 is 1.11 bits per heavy atom. The van der Waals surface area contributed by atoms with E-state index in [1.54, 1.807) is 42.5 Å². The number of anilines is 4. The van der Waals surface area contributed by atoms with E-state index in [9.17, 15) is 10.1 Å². The lowest BCUT2D eigenvalue weighted by atomic mass is 10.2. The molecule has 0 saturated heterocycles. The quantitative estimate of drug-likeness (QED) is 0.611. The number of hydrogen-bond donors (Lipinski definition) is 2. The Kier molecular flexibility index (Phi) is 5.72. The number of aryl methyl sites for hydroxylation is 1. The number of methoxy groups -OCH3 is 1. The summed E-state index contributed by atoms with van der Waals surface area (Å²) in [5.74, 6) is 0.341. The monoisotopic (exact) mass is 393 g/mol. The first kappa shape index (κ1) is 19.1. The van der Waals surface area contributed by atoms with E-state index in [1.165, 1.54) is 7.11 Å². The van der Waals surface area contributed by atoms with Gasteiger partial charge in [0, 0.05) is 11.8 Å². The van der Waals surface area contributed by atoms with E-state index < -0.39 is 5.97 Å². The van der Waals surface area contributed by atoms with Crippen molar-refractivity contribution < 1.29 is 9.53 Å². The van der Waals surface area contributed by atoms with E-state index in [-0.39, 0.29) is 0 Å². The van der Waals surface area contributed by atoms with E-state index in [2.05, 4.69) is 26.7 Å². The zero-order valence-corrected chi connectivity index (χ0v) is 15.9. The fourth-order valence-electron chi connectivity index (χ4n) is 2.50. The fourth-order valence-corrected chi connectivity index (χ4v) is 2.67. The molecule has 1 aromatic heterocycles. The van der Waals surface area contributed by atoms with Gasteiger partial charge in [-0.25, -0.2) is 9.78 Å². The molecule has 0 spiro atoms. The number of nitrogens with zero attached hydrogens (tertiary/aromatic N) is 3. The molecule has 2 N–H and O–H groups in total. The van der Waals surface area contributed by atoms with Gasteiger partial charge in [-0.15, -0.1) is 0 Å². The maximum Gasteiger partial charge on any atom is 0.337 e. The summed E-state index contributed by atoms with van der Waals surface area (Å²) in [5, 5.41) is 15.8. The van der Waals surface area contributed by atoms with Crippen molar-refractivity contribution in [2.75, 3.05) is 17.7 Å². The summed E-state index contributed by atoms with van der Waals surface area (Å²) < 4.78 is 4.74. The van der Waals surface area contributed by atoms with Crippen LogP contribution in [-0.4, -0.2) is 23.0 Å². The topological polar surface area (TPSA) is 99.9 Å².